The fourth-order valence-corrected chi connectivity index (χ4v) is 1.45. The first kappa shape index (κ1) is 8.99. The largest absolute Gasteiger partial charge is 0.493 e. The molecule has 1 aromatic rings. The fraction of sp³-hybridized carbons (Fsp3) is 0.400. The number of hydrogen-bond donors (Lipinski definition) is 0. The molecule has 0 bridgehead atoms. The third-order valence-electron chi connectivity index (χ3n) is 2.00. The maximum Gasteiger partial charge on any atom is 0.229 e. The molecule has 0 radical (unpaired) electrons. The van der Waals surface area contributed by atoms with Gasteiger partial charge >= 0.3 is 0 Å². The van der Waals surface area contributed by atoms with Gasteiger partial charge in [-0.1, -0.05) is 0 Å². The Morgan fingerprint density at radius 3 is 3.14 bits per heavy atom. The molecule has 2 heterocycles. The number of aryl methyl sites for hydroxylation is 1. The van der Waals surface area contributed by atoms with Crippen LogP contribution < -0.4 is 9.47 Å². The van der Waals surface area contributed by atoms with E-state index >= 15 is 0 Å². The predicted molar refractivity (Wildman–Crippen MR) is 50.0 cm³/mol. The number of rotatable bonds is 2. The molecule has 0 saturated heterocycles. The highest BCUT2D eigenvalue weighted by atomic mass is 16.5. The molecule has 0 spiro atoms. The van der Waals surface area contributed by atoms with Crippen molar-refractivity contribution in [2.45, 2.75) is 13.8 Å². The van der Waals surface area contributed by atoms with E-state index in [1.165, 1.54) is 0 Å². The summed E-state index contributed by atoms with van der Waals surface area (Å²) in [4.78, 5) is 15.6. The highest BCUT2D eigenvalue weighted by molar-refractivity contribution is 6.04. The number of ether oxygens (including phenoxy) is 2. The first-order valence-electron chi connectivity index (χ1n) is 4.52. The van der Waals surface area contributed by atoms with Gasteiger partial charge in [-0.3, -0.25) is 4.79 Å². The summed E-state index contributed by atoms with van der Waals surface area (Å²) in [5, 5.41) is 0. The molecule has 74 valence electrons. The van der Waals surface area contributed by atoms with Crippen molar-refractivity contribution in [1.82, 2.24) is 4.98 Å². The smallest absolute Gasteiger partial charge is 0.229 e. The maximum absolute atomic E-state index is 11.4. The molecule has 0 saturated carbocycles. The van der Waals surface area contributed by atoms with Gasteiger partial charge in [0.1, 0.15) is 11.3 Å². The minimum absolute atomic E-state index is 0.0593. The summed E-state index contributed by atoms with van der Waals surface area (Å²) in [7, 11) is 0. The van der Waals surface area contributed by atoms with E-state index in [-0.39, 0.29) is 12.4 Å². The summed E-state index contributed by atoms with van der Waals surface area (Å²) in [6, 6.07) is 1.76. The lowest BCUT2D eigenvalue weighted by Crippen LogP contribution is -2.02. The number of carbonyl (C=O) groups is 1. The zero-order valence-electron chi connectivity index (χ0n) is 8.16. The maximum atomic E-state index is 11.4. The molecule has 0 aliphatic carbocycles. The number of carbonyl (C=O) groups excluding carboxylic acids is 1. The summed E-state index contributed by atoms with van der Waals surface area (Å²) in [5.41, 5.74) is 1.28. The van der Waals surface area contributed by atoms with Crippen molar-refractivity contribution in [2.24, 2.45) is 0 Å². The molecular weight excluding hydrogens is 182 g/mol. The Hall–Kier alpha value is -1.58. The second kappa shape index (κ2) is 3.29. The van der Waals surface area contributed by atoms with Crippen LogP contribution >= 0.6 is 0 Å². The number of fused-ring (bicyclic) bond motifs is 1. The van der Waals surface area contributed by atoms with E-state index in [2.05, 4.69) is 4.98 Å². The van der Waals surface area contributed by atoms with Crippen LogP contribution in [0.3, 0.4) is 0 Å². The van der Waals surface area contributed by atoms with Gasteiger partial charge in [0.2, 0.25) is 11.7 Å². The third kappa shape index (κ3) is 1.32. The molecule has 0 fully saturated rings. The van der Waals surface area contributed by atoms with Crippen LogP contribution in [0.1, 0.15) is 23.0 Å². The Balaban J connectivity index is 2.53. The fourth-order valence-electron chi connectivity index (χ4n) is 1.45. The lowest BCUT2D eigenvalue weighted by Gasteiger charge is -2.06. The van der Waals surface area contributed by atoms with Gasteiger partial charge in [0.25, 0.3) is 0 Å². The third-order valence-corrected chi connectivity index (χ3v) is 2.00. The molecule has 1 aliphatic heterocycles. The van der Waals surface area contributed by atoms with Crippen molar-refractivity contribution >= 4 is 5.78 Å². The van der Waals surface area contributed by atoms with Crippen molar-refractivity contribution in [3.63, 3.8) is 0 Å². The van der Waals surface area contributed by atoms with Crippen LogP contribution in [0.2, 0.25) is 0 Å². The molecule has 1 aromatic heterocycles. The van der Waals surface area contributed by atoms with Gasteiger partial charge in [-0.15, -0.1) is 0 Å². The van der Waals surface area contributed by atoms with E-state index in [1.54, 1.807) is 6.07 Å². The van der Waals surface area contributed by atoms with Gasteiger partial charge in [-0.25, -0.2) is 4.98 Å². The Kier molecular flexibility index (Phi) is 2.11. The van der Waals surface area contributed by atoms with Gasteiger partial charge in [0.15, 0.2) is 6.61 Å². The number of pyridine rings is 1. The van der Waals surface area contributed by atoms with Crippen LogP contribution in [0.25, 0.3) is 0 Å². The first-order chi connectivity index (χ1) is 6.72. The van der Waals surface area contributed by atoms with E-state index in [0.717, 1.165) is 5.69 Å². The Morgan fingerprint density at radius 2 is 2.43 bits per heavy atom. The van der Waals surface area contributed by atoms with E-state index in [0.29, 0.717) is 23.8 Å². The van der Waals surface area contributed by atoms with E-state index < -0.39 is 0 Å². The monoisotopic (exact) mass is 193 g/mol. The summed E-state index contributed by atoms with van der Waals surface area (Å²) in [5.74, 6) is 0.923. The van der Waals surface area contributed by atoms with Crippen LogP contribution in [0, 0.1) is 6.92 Å². The van der Waals surface area contributed by atoms with Crippen LogP contribution in [-0.2, 0) is 0 Å². The van der Waals surface area contributed by atoms with Crippen molar-refractivity contribution in [3.05, 3.63) is 17.3 Å². The normalized spacial score (nSPS) is 13.7. The Bertz CT molecular complexity index is 387. The van der Waals surface area contributed by atoms with Crippen LogP contribution in [0.5, 0.6) is 11.6 Å². The first-order valence-corrected chi connectivity index (χ1v) is 4.52. The minimum Gasteiger partial charge on any atom is -0.493 e. The molecule has 0 atom stereocenters. The minimum atomic E-state index is -0.0593. The molecule has 0 amide bonds. The second-order valence-corrected chi connectivity index (χ2v) is 3.09. The molecule has 2 rings (SSSR count). The average molecular weight is 193 g/mol. The molecule has 4 nitrogen and oxygen atoms in total. The van der Waals surface area contributed by atoms with E-state index in [4.69, 9.17) is 9.47 Å². The highest BCUT2D eigenvalue weighted by Gasteiger charge is 2.27. The zero-order chi connectivity index (χ0) is 10.1. The van der Waals surface area contributed by atoms with Crippen molar-refractivity contribution in [3.8, 4) is 11.6 Å². The quantitative estimate of drug-likeness (QED) is 0.711. The number of ketones is 1. The SMILES string of the molecule is CCOc1cc(C)nc2c1C(=O)CO2. The van der Waals surface area contributed by atoms with Crippen LogP contribution in [0.15, 0.2) is 6.07 Å². The van der Waals surface area contributed by atoms with Gasteiger partial charge in [-0.2, -0.15) is 0 Å². The molecule has 0 aromatic carbocycles. The Morgan fingerprint density at radius 1 is 1.64 bits per heavy atom. The summed E-state index contributed by atoms with van der Waals surface area (Å²) in [6.07, 6.45) is 0. The van der Waals surface area contributed by atoms with Crippen LogP contribution in [0.4, 0.5) is 0 Å². The van der Waals surface area contributed by atoms with E-state index in [9.17, 15) is 4.79 Å². The van der Waals surface area contributed by atoms with Crippen LogP contribution in [-0.4, -0.2) is 24.0 Å². The van der Waals surface area contributed by atoms with Gasteiger partial charge in [0.05, 0.1) is 6.61 Å². The standard InChI is InChI=1S/C10H11NO3/c1-3-13-8-4-6(2)11-10-9(8)7(12)5-14-10/h4H,3,5H2,1-2H3. The lowest BCUT2D eigenvalue weighted by molar-refractivity contribution is 0.0958. The predicted octanol–water partition coefficient (Wildman–Crippen LogP) is 1.36. The Labute approximate surface area is 81.9 Å². The molecule has 1 aliphatic rings. The van der Waals surface area contributed by atoms with Crippen molar-refractivity contribution in [2.75, 3.05) is 13.2 Å². The summed E-state index contributed by atoms with van der Waals surface area (Å²) < 4.78 is 10.5. The van der Waals surface area contributed by atoms with Gasteiger partial charge < -0.3 is 9.47 Å². The van der Waals surface area contributed by atoms with Crippen molar-refractivity contribution < 1.29 is 14.3 Å². The topological polar surface area (TPSA) is 48.4 Å². The zero-order valence-corrected chi connectivity index (χ0v) is 8.16. The molecular formula is C10H11NO3. The summed E-state index contributed by atoms with van der Waals surface area (Å²) in [6.45, 7) is 4.33. The molecule has 14 heavy (non-hydrogen) atoms. The van der Waals surface area contributed by atoms with Crippen molar-refractivity contribution in [1.29, 1.82) is 0 Å². The number of Topliss-reactive ketones (excluding diaryl/α,β-unsaturated/α-hetero) is 1. The molecule has 4 heteroatoms. The number of hydrogen-bond acceptors (Lipinski definition) is 4. The number of aromatic nitrogens is 1. The van der Waals surface area contributed by atoms with Gasteiger partial charge in [-0.05, 0) is 13.8 Å². The van der Waals surface area contributed by atoms with E-state index in [1.807, 2.05) is 13.8 Å². The number of nitrogens with zero attached hydrogens (tertiary/aromatic N) is 1. The summed E-state index contributed by atoms with van der Waals surface area (Å²) >= 11 is 0. The molecule has 0 N–H and O–H groups in total. The average Bonchev–Trinajstić information content (AvgIpc) is 2.48. The lowest BCUT2D eigenvalue weighted by atomic mass is 10.2. The highest BCUT2D eigenvalue weighted by Crippen LogP contribution is 2.32. The molecule has 0 unspecified atom stereocenters. The second-order valence-electron chi connectivity index (χ2n) is 3.09. The van der Waals surface area contributed by atoms with Gasteiger partial charge in [0, 0.05) is 11.8 Å².